The lowest BCUT2D eigenvalue weighted by Crippen LogP contribution is -2.30. The Kier molecular flexibility index (Phi) is 3.59. The number of alkyl halides is 3. The second kappa shape index (κ2) is 5.19. The summed E-state index contributed by atoms with van der Waals surface area (Å²) < 4.78 is 46.0. The van der Waals surface area contributed by atoms with Gasteiger partial charge in [-0.05, 0) is 24.3 Å². The summed E-state index contributed by atoms with van der Waals surface area (Å²) in [5.41, 5.74) is 0.478. The minimum atomic E-state index is -5.02. The number of amides is 1. The molecule has 9 heteroatoms. The molecular formula is C11H8F3N3O3. The van der Waals surface area contributed by atoms with E-state index in [2.05, 4.69) is 10.2 Å². The van der Waals surface area contributed by atoms with E-state index in [0.29, 0.717) is 11.3 Å². The summed E-state index contributed by atoms with van der Waals surface area (Å²) in [6.07, 6.45) is -5.02. The first kappa shape index (κ1) is 13.8. The molecule has 20 heavy (non-hydrogen) atoms. The Balaban J connectivity index is 2.14. The van der Waals surface area contributed by atoms with Gasteiger partial charge in [-0.15, -0.1) is 5.10 Å². The van der Waals surface area contributed by atoms with Crippen molar-refractivity contribution in [1.29, 1.82) is 0 Å². The number of ether oxygens (including phenoxy) is 1. The van der Waals surface area contributed by atoms with Crippen LogP contribution in [-0.4, -0.2) is 29.4 Å². The van der Waals surface area contributed by atoms with Gasteiger partial charge in [-0.2, -0.15) is 13.2 Å². The molecule has 0 aliphatic heterocycles. The molecule has 0 atom stereocenters. The monoisotopic (exact) mass is 287 g/mol. The number of hydrogen-bond acceptors (Lipinski definition) is 5. The van der Waals surface area contributed by atoms with Crippen LogP contribution in [0.3, 0.4) is 0 Å². The van der Waals surface area contributed by atoms with E-state index in [-0.39, 0.29) is 5.89 Å². The van der Waals surface area contributed by atoms with Crippen molar-refractivity contribution in [3.8, 4) is 17.2 Å². The van der Waals surface area contributed by atoms with Crippen LogP contribution >= 0.6 is 0 Å². The lowest BCUT2D eigenvalue weighted by Gasteiger charge is -2.03. The molecular weight excluding hydrogens is 279 g/mol. The number of nitrogens with one attached hydrogen (secondary N) is 1. The molecule has 1 N–H and O–H groups in total. The third kappa shape index (κ3) is 3.05. The number of benzene rings is 1. The summed E-state index contributed by atoms with van der Waals surface area (Å²) in [6.45, 7) is 0. The van der Waals surface area contributed by atoms with Gasteiger partial charge < -0.3 is 9.15 Å². The molecule has 1 heterocycles. The maximum Gasteiger partial charge on any atom is 0.471 e. The predicted molar refractivity (Wildman–Crippen MR) is 61.0 cm³/mol. The fourth-order valence-corrected chi connectivity index (χ4v) is 1.29. The molecule has 106 valence electrons. The van der Waals surface area contributed by atoms with Gasteiger partial charge in [0.25, 0.3) is 0 Å². The predicted octanol–water partition coefficient (Wildman–Crippen LogP) is 2.25. The zero-order chi connectivity index (χ0) is 14.8. The van der Waals surface area contributed by atoms with E-state index in [4.69, 9.17) is 9.15 Å². The van der Waals surface area contributed by atoms with E-state index in [1.807, 2.05) is 0 Å². The number of carbonyl (C=O) groups is 1. The maximum absolute atomic E-state index is 12.0. The normalized spacial score (nSPS) is 11.2. The summed E-state index contributed by atoms with van der Waals surface area (Å²) in [7, 11) is 1.49. The van der Waals surface area contributed by atoms with Crippen LogP contribution in [0.5, 0.6) is 5.75 Å². The Morgan fingerprint density at radius 1 is 1.25 bits per heavy atom. The largest absolute Gasteiger partial charge is 0.497 e. The minimum absolute atomic E-state index is 0.0230. The van der Waals surface area contributed by atoms with Crippen LogP contribution in [0.25, 0.3) is 11.5 Å². The standard InChI is InChI=1S/C11H8F3N3O3/c1-19-7-4-2-6(3-5-7)8-16-17-10(20-8)15-9(18)11(12,13)14/h2-5H,1H3,(H,15,17,18). The molecule has 1 amide bonds. The van der Waals surface area contributed by atoms with Crippen molar-refractivity contribution in [3.63, 3.8) is 0 Å². The van der Waals surface area contributed by atoms with E-state index in [9.17, 15) is 18.0 Å². The minimum Gasteiger partial charge on any atom is -0.497 e. The van der Waals surface area contributed by atoms with Crippen LogP contribution in [0.2, 0.25) is 0 Å². The zero-order valence-corrected chi connectivity index (χ0v) is 10.1. The molecule has 0 unspecified atom stereocenters. The average molecular weight is 287 g/mol. The molecule has 0 saturated heterocycles. The lowest BCUT2D eigenvalue weighted by molar-refractivity contribution is -0.167. The molecule has 0 bridgehead atoms. The molecule has 0 fully saturated rings. The first-order valence-electron chi connectivity index (χ1n) is 5.26. The van der Waals surface area contributed by atoms with Gasteiger partial charge in [0.1, 0.15) is 5.75 Å². The molecule has 1 aromatic carbocycles. The van der Waals surface area contributed by atoms with Crippen molar-refractivity contribution in [2.45, 2.75) is 6.18 Å². The third-order valence-electron chi connectivity index (χ3n) is 2.24. The van der Waals surface area contributed by atoms with E-state index < -0.39 is 18.1 Å². The van der Waals surface area contributed by atoms with Crippen molar-refractivity contribution in [1.82, 2.24) is 10.2 Å². The van der Waals surface area contributed by atoms with Crippen LogP contribution < -0.4 is 10.1 Å². The first-order valence-corrected chi connectivity index (χ1v) is 5.26. The third-order valence-corrected chi connectivity index (χ3v) is 2.24. The average Bonchev–Trinajstić information content (AvgIpc) is 2.86. The Hall–Kier alpha value is -2.58. The maximum atomic E-state index is 12.0. The molecule has 2 rings (SSSR count). The second-order valence-electron chi connectivity index (χ2n) is 3.59. The summed E-state index contributed by atoms with van der Waals surface area (Å²) >= 11 is 0. The number of rotatable bonds is 3. The van der Waals surface area contributed by atoms with E-state index >= 15 is 0 Å². The molecule has 6 nitrogen and oxygen atoms in total. The number of methoxy groups -OCH3 is 1. The quantitative estimate of drug-likeness (QED) is 0.936. The summed E-state index contributed by atoms with van der Waals surface area (Å²) in [5, 5.41) is 8.31. The summed E-state index contributed by atoms with van der Waals surface area (Å²) in [5.74, 6) is -1.61. The van der Waals surface area contributed by atoms with Gasteiger partial charge in [-0.1, -0.05) is 5.10 Å². The Bertz CT molecular complexity index is 607. The van der Waals surface area contributed by atoms with E-state index in [1.54, 1.807) is 24.3 Å². The highest BCUT2D eigenvalue weighted by molar-refractivity contribution is 5.93. The van der Waals surface area contributed by atoms with Crippen molar-refractivity contribution >= 4 is 11.9 Å². The zero-order valence-electron chi connectivity index (χ0n) is 10.1. The number of carbonyl (C=O) groups excluding carboxylic acids is 1. The smallest absolute Gasteiger partial charge is 0.471 e. The Morgan fingerprint density at radius 3 is 2.45 bits per heavy atom. The van der Waals surface area contributed by atoms with Crippen molar-refractivity contribution in [3.05, 3.63) is 24.3 Å². The van der Waals surface area contributed by atoms with Gasteiger partial charge in [0, 0.05) is 5.56 Å². The van der Waals surface area contributed by atoms with Crippen LogP contribution in [-0.2, 0) is 4.79 Å². The molecule has 2 aromatic rings. The molecule has 1 aromatic heterocycles. The van der Waals surface area contributed by atoms with Crippen LogP contribution in [0.4, 0.5) is 19.2 Å². The van der Waals surface area contributed by atoms with Gasteiger partial charge in [0.05, 0.1) is 7.11 Å². The highest BCUT2D eigenvalue weighted by Crippen LogP contribution is 2.23. The Labute approximate surface area is 110 Å². The fraction of sp³-hybridized carbons (Fsp3) is 0.182. The van der Waals surface area contributed by atoms with Crippen molar-refractivity contribution in [2.75, 3.05) is 12.4 Å². The topological polar surface area (TPSA) is 77.3 Å². The number of anilines is 1. The van der Waals surface area contributed by atoms with Crippen LogP contribution in [0, 0.1) is 0 Å². The second-order valence-corrected chi connectivity index (χ2v) is 3.59. The van der Waals surface area contributed by atoms with E-state index in [1.165, 1.54) is 12.4 Å². The first-order chi connectivity index (χ1) is 9.40. The molecule has 0 saturated carbocycles. The van der Waals surface area contributed by atoms with Gasteiger partial charge in [0.2, 0.25) is 5.89 Å². The number of hydrogen-bond donors (Lipinski definition) is 1. The van der Waals surface area contributed by atoms with Gasteiger partial charge in [-0.25, -0.2) is 0 Å². The Morgan fingerprint density at radius 2 is 1.90 bits per heavy atom. The van der Waals surface area contributed by atoms with E-state index in [0.717, 1.165) is 0 Å². The molecule has 0 aliphatic rings. The fourth-order valence-electron chi connectivity index (χ4n) is 1.29. The highest BCUT2D eigenvalue weighted by Gasteiger charge is 2.39. The van der Waals surface area contributed by atoms with Gasteiger partial charge in [0.15, 0.2) is 0 Å². The van der Waals surface area contributed by atoms with Crippen LogP contribution in [0.1, 0.15) is 0 Å². The number of nitrogens with zero attached hydrogens (tertiary/aromatic N) is 2. The number of aromatic nitrogens is 2. The van der Waals surface area contributed by atoms with Crippen molar-refractivity contribution in [2.24, 2.45) is 0 Å². The molecule has 0 radical (unpaired) electrons. The summed E-state index contributed by atoms with van der Waals surface area (Å²) in [6, 6.07) is 5.78. The number of halogens is 3. The molecule has 0 spiro atoms. The van der Waals surface area contributed by atoms with Gasteiger partial charge >= 0.3 is 18.1 Å². The molecule has 0 aliphatic carbocycles. The summed E-state index contributed by atoms with van der Waals surface area (Å²) in [4.78, 5) is 10.7. The van der Waals surface area contributed by atoms with Crippen molar-refractivity contribution < 1.29 is 27.1 Å². The highest BCUT2D eigenvalue weighted by atomic mass is 19.4. The van der Waals surface area contributed by atoms with Gasteiger partial charge in [-0.3, -0.25) is 10.1 Å². The lowest BCUT2D eigenvalue weighted by atomic mass is 10.2. The SMILES string of the molecule is COc1ccc(-c2nnc(NC(=O)C(F)(F)F)o2)cc1. The van der Waals surface area contributed by atoms with Crippen LogP contribution in [0.15, 0.2) is 28.7 Å².